The zero-order chi connectivity index (χ0) is 15.9. The van der Waals surface area contributed by atoms with Crippen LogP contribution in [0, 0.1) is 5.92 Å². The summed E-state index contributed by atoms with van der Waals surface area (Å²) < 4.78 is 5.06. The number of aryl methyl sites for hydroxylation is 1. The van der Waals surface area contributed by atoms with E-state index in [-0.39, 0.29) is 17.8 Å². The molecule has 1 aliphatic rings. The number of rotatable bonds is 5. The van der Waals surface area contributed by atoms with E-state index in [4.69, 9.17) is 16.3 Å². The van der Waals surface area contributed by atoms with Crippen LogP contribution in [0.15, 0.2) is 24.3 Å². The van der Waals surface area contributed by atoms with Crippen LogP contribution in [0.3, 0.4) is 0 Å². The van der Waals surface area contributed by atoms with Crippen molar-refractivity contribution in [3.63, 3.8) is 0 Å². The summed E-state index contributed by atoms with van der Waals surface area (Å²) in [5.41, 5.74) is 1.09. The number of halogens is 1. The van der Waals surface area contributed by atoms with E-state index in [0.29, 0.717) is 31.0 Å². The minimum Gasteiger partial charge on any atom is -0.466 e. The van der Waals surface area contributed by atoms with Crippen molar-refractivity contribution in [2.45, 2.75) is 32.6 Å². The molecule has 1 aromatic carbocycles. The van der Waals surface area contributed by atoms with Gasteiger partial charge in [-0.15, -0.1) is 0 Å². The lowest BCUT2D eigenvalue weighted by atomic mass is 9.97. The van der Waals surface area contributed by atoms with Gasteiger partial charge in [-0.2, -0.15) is 0 Å². The lowest BCUT2D eigenvalue weighted by Gasteiger charge is -2.31. The van der Waals surface area contributed by atoms with Crippen LogP contribution in [-0.2, 0) is 20.7 Å². The topological polar surface area (TPSA) is 46.6 Å². The van der Waals surface area contributed by atoms with Crippen LogP contribution in [0.5, 0.6) is 0 Å². The molecule has 0 unspecified atom stereocenters. The van der Waals surface area contributed by atoms with Gasteiger partial charge < -0.3 is 9.64 Å². The lowest BCUT2D eigenvalue weighted by Crippen LogP contribution is -2.42. The Morgan fingerprint density at radius 1 is 1.32 bits per heavy atom. The van der Waals surface area contributed by atoms with Crippen molar-refractivity contribution in [2.24, 2.45) is 5.92 Å². The first-order chi connectivity index (χ1) is 10.6. The van der Waals surface area contributed by atoms with Crippen LogP contribution < -0.4 is 0 Å². The molecule has 1 heterocycles. The highest BCUT2D eigenvalue weighted by atomic mass is 35.5. The second-order valence-corrected chi connectivity index (χ2v) is 5.99. The average molecular weight is 324 g/mol. The molecule has 2 rings (SSSR count). The summed E-state index contributed by atoms with van der Waals surface area (Å²) in [6.07, 6.45) is 2.81. The largest absolute Gasteiger partial charge is 0.466 e. The van der Waals surface area contributed by atoms with Gasteiger partial charge in [0.15, 0.2) is 0 Å². The van der Waals surface area contributed by atoms with E-state index in [2.05, 4.69) is 0 Å². The van der Waals surface area contributed by atoms with E-state index in [1.54, 1.807) is 11.8 Å². The number of carbonyl (C=O) groups excluding carboxylic acids is 2. The maximum Gasteiger partial charge on any atom is 0.310 e. The van der Waals surface area contributed by atoms with Crippen LogP contribution >= 0.6 is 11.6 Å². The molecule has 1 saturated heterocycles. The number of benzene rings is 1. The summed E-state index contributed by atoms with van der Waals surface area (Å²) in [5, 5.41) is 0.698. The fraction of sp³-hybridized carbons (Fsp3) is 0.529. The van der Waals surface area contributed by atoms with E-state index in [9.17, 15) is 9.59 Å². The molecule has 5 heteroatoms. The standard InChI is InChI=1S/C17H22ClNO3/c1-2-22-17(21)14-4-3-11-19(12-14)16(20)10-7-13-5-8-15(18)9-6-13/h5-6,8-9,14H,2-4,7,10-12H2,1H3/t14-/m1/s1. The lowest BCUT2D eigenvalue weighted by molar-refractivity contribution is -0.151. The van der Waals surface area contributed by atoms with E-state index in [1.165, 1.54) is 0 Å². The average Bonchev–Trinajstić information content (AvgIpc) is 2.54. The van der Waals surface area contributed by atoms with Gasteiger partial charge in [0.1, 0.15) is 0 Å². The molecule has 1 aliphatic heterocycles. The third-order valence-electron chi connectivity index (χ3n) is 3.93. The van der Waals surface area contributed by atoms with Crippen LogP contribution in [0.1, 0.15) is 31.7 Å². The summed E-state index contributed by atoms with van der Waals surface area (Å²) in [6, 6.07) is 7.54. The molecule has 1 aromatic rings. The normalized spacial score (nSPS) is 18.1. The Labute approximate surface area is 136 Å². The molecule has 1 fully saturated rings. The second-order valence-electron chi connectivity index (χ2n) is 5.56. The zero-order valence-corrected chi connectivity index (χ0v) is 13.6. The molecule has 0 N–H and O–H groups in total. The molecular weight excluding hydrogens is 302 g/mol. The number of piperidine rings is 1. The number of esters is 1. The SMILES string of the molecule is CCOC(=O)[C@@H]1CCCN(C(=O)CCc2ccc(Cl)cc2)C1. The molecule has 0 saturated carbocycles. The number of hydrogen-bond donors (Lipinski definition) is 0. The Morgan fingerprint density at radius 2 is 2.05 bits per heavy atom. The molecule has 22 heavy (non-hydrogen) atoms. The Kier molecular flexibility index (Phi) is 6.25. The van der Waals surface area contributed by atoms with Crippen molar-refractivity contribution in [2.75, 3.05) is 19.7 Å². The van der Waals surface area contributed by atoms with Crippen LogP contribution in [0.25, 0.3) is 0 Å². The Hall–Kier alpha value is -1.55. The minimum absolute atomic E-state index is 0.101. The molecule has 0 aliphatic carbocycles. The highest BCUT2D eigenvalue weighted by molar-refractivity contribution is 6.30. The van der Waals surface area contributed by atoms with Crippen molar-refractivity contribution in [3.05, 3.63) is 34.9 Å². The van der Waals surface area contributed by atoms with E-state index < -0.39 is 0 Å². The fourth-order valence-electron chi connectivity index (χ4n) is 2.72. The smallest absolute Gasteiger partial charge is 0.310 e. The van der Waals surface area contributed by atoms with Gasteiger partial charge in [-0.05, 0) is 43.9 Å². The molecule has 0 aromatic heterocycles. The third-order valence-corrected chi connectivity index (χ3v) is 4.19. The number of carbonyl (C=O) groups is 2. The van der Waals surface area contributed by atoms with Crippen LogP contribution in [0.4, 0.5) is 0 Å². The Bertz CT molecular complexity index is 515. The summed E-state index contributed by atoms with van der Waals surface area (Å²) >= 11 is 5.85. The van der Waals surface area contributed by atoms with Gasteiger partial charge in [0.05, 0.1) is 12.5 Å². The van der Waals surface area contributed by atoms with E-state index >= 15 is 0 Å². The summed E-state index contributed by atoms with van der Waals surface area (Å²) in [6.45, 7) is 3.41. The van der Waals surface area contributed by atoms with Gasteiger partial charge in [0.25, 0.3) is 0 Å². The number of amides is 1. The highest BCUT2D eigenvalue weighted by Gasteiger charge is 2.28. The Balaban J connectivity index is 1.83. The molecule has 1 amide bonds. The molecule has 1 atom stereocenters. The maximum absolute atomic E-state index is 12.3. The van der Waals surface area contributed by atoms with Crippen molar-refractivity contribution < 1.29 is 14.3 Å². The second kappa shape index (κ2) is 8.18. The monoisotopic (exact) mass is 323 g/mol. The predicted molar refractivity (Wildman–Crippen MR) is 85.7 cm³/mol. The molecule has 0 spiro atoms. The van der Waals surface area contributed by atoms with Gasteiger partial charge >= 0.3 is 5.97 Å². The Morgan fingerprint density at radius 3 is 2.73 bits per heavy atom. The van der Waals surface area contributed by atoms with Crippen molar-refractivity contribution in [1.82, 2.24) is 4.90 Å². The first-order valence-corrected chi connectivity index (χ1v) is 8.16. The summed E-state index contributed by atoms with van der Waals surface area (Å²) in [5.74, 6) is -0.255. The van der Waals surface area contributed by atoms with Gasteiger partial charge in [-0.3, -0.25) is 9.59 Å². The first kappa shape index (κ1) is 16.8. The summed E-state index contributed by atoms with van der Waals surface area (Å²) in [7, 11) is 0. The number of nitrogens with zero attached hydrogens (tertiary/aromatic N) is 1. The van der Waals surface area contributed by atoms with E-state index in [0.717, 1.165) is 24.9 Å². The quantitative estimate of drug-likeness (QED) is 0.782. The first-order valence-electron chi connectivity index (χ1n) is 7.79. The zero-order valence-electron chi connectivity index (χ0n) is 12.9. The maximum atomic E-state index is 12.3. The van der Waals surface area contributed by atoms with Gasteiger partial charge in [-0.1, -0.05) is 23.7 Å². The predicted octanol–water partition coefficient (Wildman–Crippen LogP) is 3.07. The van der Waals surface area contributed by atoms with Crippen molar-refractivity contribution in [3.8, 4) is 0 Å². The summed E-state index contributed by atoms with van der Waals surface area (Å²) in [4.78, 5) is 25.9. The molecule has 0 radical (unpaired) electrons. The van der Waals surface area contributed by atoms with Gasteiger partial charge in [0, 0.05) is 24.5 Å². The molecule has 120 valence electrons. The number of hydrogen-bond acceptors (Lipinski definition) is 3. The third kappa shape index (κ3) is 4.73. The number of likely N-dealkylation sites (tertiary alicyclic amines) is 1. The van der Waals surface area contributed by atoms with Crippen LogP contribution in [0.2, 0.25) is 5.02 Å². The number of ether oxygens (including phenoxy) is 1. The van der Waals surface area contributed by atoms with Crippen molar-refractivity contribution in [1.29, 1.82) is 0 Å². The van der Waals surface area contributed by atoms with Crippen molar-refractivity contribution >= 4 is 23.5 Å². The molecule has 4 nitrogen and oxygen atoms in total. The van der Waals surface area contributed by atoms with Crippen LogP contribution in [-0.4, -0.2) is 36.5 Å². The highest BCUT2D eigenvalue weighted by Crippen LogP contribution is 2.19. The van der Waals surface area contributed by atoms with Gasteiger partial charge in [0.2, 0.25) is 5.91 Å². The fourth-order valence-corrected chi connectivity index (χ4v) is 2.84. The minimum atomic E-state index is -0.183. The van der Waals surface area contributed by atoms with E-state index in [1.807, 2.05) is 24.3 Å². The molecular formula is C17H22ClNO3. The van der Waals surface area contributed by atoms with Gasteiger partial charge in [-0.25, -0.2) is 0 Å². The molecule has 0 bridgehead atoms.